The normalized spacial score (nSPS) is 51.8. The van der Waals surface area contributed by atoms with Gasteiger partial charge in [-0.15, -0.1) is 0 Å². The SMILES string of the molecule is C=C1C[C@@H](O)[C@]23CCC(=C)[C@@]2(O)[C@H]1C(C)(C)C3. The molecule has 3 saturated carbocycles. The molecule has 0 aromatic carbocycles. The minimum Gasteiger partial charge on any atom is -0.392 e. The molecular formula is C15H22O2. The highest BCUT2D eigenvalue weighted by molar-refractivity contribution is 5.42. The van der Waals surface area contributed by atoms with Crippen molar-refractivity contribution >= 4 is 0 Å². The predicted octanol–water partition coefficient (Wildman–Crippen LogP) is 2.42. The van der Waals surface area contributed by atoms with Crippen LogP contribution in [0.2, 0.25) is 0 Å². The van der Waals surface area contributed by atoms with E-state index in [1.54, 1.807) is 0 Å². The zero-order chi connectivity index (χ0) is 12.6. The van der Waals surface area contributed by atoms with Gasteiger partial charge in [0.25, 0.3) is 0 Å². The molecule has 3 aliphatic rings. The number of hydrogen-bond acceptors (Lipinski definition) is 2. The minimum atomic E-state index is -0.911. The van der Waals surface area contributed by atoms with E-state index in [9.17, 15) is 10.2 Å². The van der Waals surface area contributed by atoms with E-state index in [1.807, 2.05) is 0 Å². The predicted molar refractivity (Wildman–Crippen MR) is 67.4 cm³/mol. The van der Waals surface area contributed by atoms with E-state index in [4.69, 9.17) is 0 Å². The van der Waals surface area contributed by atoms with Crippen LogP contribution in [0.1, 0.15) is 39.5 Å². The van der Waals surface area contributed by atoms with Crippen molar-refractivity contribution in [3.8, 4) is 0 Å². The zero-order valence-electron chi connectivity index (χ0n) is 10.8. The van der Waals surface area contributed by atoms with Gasteiger partial charge < -0.3 is 10.2 Å². The maximum absolute atomic E-state index is 11.2. The van der Waals surface area contributed by atoms with Crippen molar-refractivity contribution in [2.45, 2.75) is 51.2 Å². The lowest BCUT2D eigenvalue weighted by atomic mass is 9.61. The molecule has 0 spiro atoms. The number of aliphatic hydroxyl groups excluding tert-OH is 1. The minimum absolute atomic E-state index is 0.00662. The summed E-state index contributed by atoms with van der Waals surface area (Å²) < 4.78 is 0. The molecule has 0 unspecified atom stereocenters. The molecule has 3 aliphatic carbocycles. The Labute approximate surface area is 103 Å². The molecular weight excluding hydrogens is 212 g/mol. The summed E-state index contributed by atoms with van der Waals surface area (Å²) in [7, 11) is 0. The number of hydrogen-bond donors (Lipinski definition) is 2. The average molecular weight is 234 g/mol. The Hall–Kier alpha value is -0.600. The van der Waals surface area contributed by atoms with Crippen LogP contribution < -0.4 is 0 Å². The van der Waals surface area contributed by atoms with Gasteiger partial charge in [0, 0.05) is 11.3 Å². The van der Waals surface area contributed by atoms with E-state index >= 15 is 0 Å². The van der Waals surface area contributed by atoms with Crippen molar-refractivity contribution in [3.63, 3.8) is 0 Å². The van der Waals surface area contributed by atoms with E-state index in [1.165, 1.54) is 0 Å². The van der Waals surface area contributed by atoms with Crippen molar-refractivity contribution in [1.29, 1.82) is 0 Å². The van der Waals surface area contributed by atoms with Crippen molar-refractivity contribution < 1.29 is 10.2 Å². The zero-order valence-corrected chi connectivity index (χ0v) is 10.8. The van der Waals surface area contributed by atoms with Crippen LogP contribution in [0, 0.1) is 16.7 Å². The number of rotatable bonds is 0. The van der Waals surface area contributed by atoms with Crippen LogP contribution in [0.5, 0.6) is 0 Å². The van der Waals surface area contributed by atoms with Crippen molar-refractivity contribution in [3.05, 3.63) is 24.3 Å². The topological polar surface area (TPSA) is 40.5 Å². The Kier molecular flexibility index (Phi) is 1.93. The number of aliphatic hydroxyl groups is 2. The molecule has 0 amide bonds. The van der Waals surface area contributed by atoms with Gasteiger partial charge in [0.1, 0.15) is 5.60 Å². The maximum Gasteiger partial charge on any atom is 0.100 e. The molecule has 3 rings (SSSR count). The Morgan fingerprint density at radius 3 is 2.59 bits per heavy atom. The van der Waals surface area contributed by atoms with Crippen LogP contribution in [0.15, 0.2) is 24.3 Å². The third-order valence-electron chi connectivity index (χ3n) is 5.64. The molecule has 0 saturated heterocycles. The molecule has 0 aromatic heterocycles. The Bertz CT molecular complexity index is 423. The Balaban J connectivity index is 2.25. The fourth-order valence-electron chi connectivity index (χ4n) is 5.25. The summed E-state index contributed by atoms with van der Waals surface area (Å²) in [5.74, 6) is 0.0633. The molecule has 3 fully saturated rings. The maximum atomic E-state index is 11.2. The van der Waals surface area contributed by atoms with Crippen LogP contribution in [-0.4, -0.2) is 21.9 Å². The van der Waals surface area contributed by atoms with Crippen LogP contribution in [0.25, 0.3) is 0 Å². The van der Waals surface area contributed by atoms with Gasteiger partial charge in [-0.3, -0.25) is 0 Å². The Morgan fingerprint density at radius 2 is 1.94 bits per heavy atom. The molecule has 2 N–H and O–H groups in total. The lowest BCUT2D eigenvalue weighted by Crippen LogP contribution is -2.55. The first-order chi connectivity index (χ1) is 7.76. The smallest absolute Gasteiger partial charge is 0.100 e. The second-order valence-electron chi connectivity index (χ2n) is 7.00. The monoisotopic (exact) mass is 234 g/mol. The summed E-state index contributed by atoms with van der Waals surface area (Å²) in [5.41, 5.74) is 0.645. The van der Waals surface area contributed by atoms with Crippen LogP contribution in [0.3, 0.4) is 0 Å². The molecule has 2 bridgehead atoms. The van der Waals surface area contributed by atoms with Gasteiger partial charge in [-0.25, -0.2) is 0 Å². The summed E-state index contributed by atoms with van der Waals surface area (Å²) in [5, 5.41) is 21.7. The van der Waals surface area contributed by atoms with Gasteiger partial charge in [-0.1, -0.05) is 32.6 Å². The molecule has 0 heterocycles. The van der Waals surface area contributed by atoms with E-state index in [0.29, 0.717) is 6.42 Å². The van der Waals surface area contributed by atoms with E-state index in [2.05, 4.69) is 27.0 Å². The van der Waals surface area contributed by atoms with Crippen LogP contribution in [0.4, 0.5) is 0 Å². The highest BCUT2D eigenvalue weighted by atomic mass is 16.3. The van der Waals surface area contributed by atoms with Gasteiger partial charge in [-0.2, -0.15) is 0 Å². The average Bonchev–Trinajstić information content (AvgIpc) is 2.50. The van der Waals surface area contributed by atoms with Gasteiger partial charge in [0.2, 0.25) is 0 Å². The summed E-state index contributed by atoms with van der Waals surface area (Å²) >= 11 is 0. The summed E-state index contributed by atoms with van der Waals surface area (Å²) in [4.78, 5) is 0. The molecule has 94 valence electrons. The van der Waals surface area contributed by atoms with E-state index in [0.717, 1.165) is 30.4 Å². The molecule has 17 heavy (non-hydrogen) atoms. The van der Waals surface area contributed by atoms with Crippen molar-refractivity contribution in [1.82, 2.24) is 0 Å². The van der Waals surface area contributed by atoms with Gasteiger partial charge in [0.15, 0.2) is 0 Å². The van der Waals surface area contributed by atoms with E-state index < -0.39 is 11.7 Å². The van der Waals surface area contributed by atoms with Crippen LogP contribution in [-0.2, 0) is 0 Å². The lowest BCUT2D eigenvalue weighted by Gasteiger charge is -2.49. The quantitative estimate of drug-likeness (QED) is 0.632. The summed E-state index contributed by atoms with van der Waals surface area (Å²) in [6, 6.07) is 0. The first-order valence-electron chi connectivity index (χ1n) is 6.52. The summed E-state index contributed by atoms with van der Waals surface area (Å²) in [6.07, 6.45) is 2.77. The largest absolute Gasteiger partial charge is 0.392 e. The third kappa shape index (κ3) is 1.01. The first kappa shape index (κ1) is 11.5. The highest BCUT2D eigenvalue weighted by Gasteiger charge is 2.74. The molecule has 2 heteroatoms. The lowest BCUT2D eigenvalue weighted by molar-refractivity contribution is -0.117. The fourth-order valence-corrected chi connectivity index (χ4v) is 5.25. The molecule has 0 aliphatic heterocycles. The second kappa shape index (κ2) is 2.86. The molecule has 4 atom stereocenters. The van der Waals surface area contributed by atoms with Gasteiger partial charge in [0.05, 0.1) is 6.10 Å². The highest BCUT2D eigenvalue weighted by Crippen LogP contribution is 2.73. The third-order valence-corrected chi connectivity index (χ3v) is 5.64. The molecule has 0 radical (unpaired) electrons. The van der Waals surface area contributed by atoms with E-state index in [-0.39, 0.29) is 16.7 Å². The van der Waals surface area contributed by atoms with Gasteiger partial charge in [-0.05, 0) is 36.7 Å². The Morgan fingerprint density at radius 1 is 1.29 bits per heavy atom. The van der Waals surface area contributed by atoms with Crippen LogP contribution >= 0.6 is 0 Å². The molecule has 2 nitrogen and oxygen atoms in total. The van der Waals surface area contributed by atoms with Crippen molar-refractivity contribution in [2.75, 3.05) is 0 Å². The first-order valence-corrected chi connectivity index (χ1v) is 6.52. The molecule has 0 aromatic rings. The fraction of sp³-hybridized carbons (Fsp3) is 0.733. The van der Waals surface area contributed by atoms with Crippen molar-refractivity contribution in [2.24, 2.45) is 16.7 Å². The summed E-state index contributed by atoms with van der Waals surface area (Å²) in [6.45, 7) is 12.6. The standard InChI is InChI=1S/C15H22O2/c1-9-7-11(16)14-6-5-10(2)15(14,17)12(9)13(3,4)8-14/h11-12,16-17H,1-2,5-8H2,3-4H3/t11-,12-,14-,15-/m1/s1. The van der Waals surface area contributed by atoms with Gasteiger partial charge >= 0.3 is 0 Å². The second-order valence-corrected chi connectivity index (χ2v) is 7.00.